The van der Waals surface area contributed by atoms with Gasteiger partial charge >= 0.3 is 0 Å². The standard InChI is InChI=1S/C10H9FN4O2/c11-6-4-2-1-3-5(6)7(16)9-13-10(8(12)17)15-14-9/h1-4,7,16H,(H2,12,17)(H,13,14,15). The minimum Gasteiger partial charge on any atom is -0.380 e. The lowest BCUT2D eigenvalue weighted by Gasteiger charge is -2.07. The zero-order chi connectivity index (χ0) is 12.4. The molecule has 0 spiro atoms. The molecule has 2 rings (SSSR count). The number of benzene rings is 1. The molecule has 0 fully saturated rings. The number of nitrogens with one attached hydrogen (secondary N) is 1. The Balaban J connectivity index is 2.34. The summed E-state index contributed by atoms with van der Waals surface area (Å²) in [4.78, 5) is 14.4. The predicted octanol–water partition coefficient (Wildman–Crippen LogP) is 0.124. The SMILES string of the molecule is NC(=O)c1n[nH]c(C(O)c2ccccc2F)n1. The first-order chi connectivity index (χ1) is 8.09. The highest BCUT2D eigenvalue weighted by molar-refractivity contribution is 5.88. The Morgan fingerprint density at radius 1 is 1.47 bits per heavy atom. The summed E-state index contributed by atoms with van der Waals surface area (Å²) in [6.45, 7) is 0. The van der Waals surface area contributed by atoms with Gasteiger partial charge in [-0.05, 0) is 6.07 Å². The minimum absolute atomic E-state index is 0.0381. The summed E-state index contributed by atoms with van der Waals surface area (Å²) in [5.74, 6) is -1.69. The molecule has 17 heavy (non-hydrogen) atoms. The van der Waals surface area contributed by atoms with E-state index in [0.717, 1.165) is 0 Å². The van der Waals surface area contributed by atoms with Crippen LogP contribution in [0.5, 0.6) is 0 Å². The van der Waals surface area contributed by atoms with Crippen molar-refractivity contribution < 1.29 is 14.3 Å². The molecule has 1 heterocycles. The first-order valence-electron chi connectivity index (χ1n) is 4.74. The molecule has 0 aliphatic heterocycles. The molecule has 1 aromatic heterocycles. The van der Waals surface area contributed by atoms with Crippen molar-refractivity contribution >= 4 is 5.91 Å². The van der Waals surface area contributed by atoms with E-state index in [2.05, 4.69) is 15.2 Å². The minimum atomic E-state index is -1.32. The van der Waals surface area contributed by atoms with Crippen LogP contribution in [0.3, 0.4) is 0 Å². The highest BCUT2D eigenvalue weighted by atomic mass is 19.1. The van der Waals surface area contributed by atoms with Crippen LogP contribution < -0.4 is 5.73 Å². The fourth-order valence-corrected chi connectivity index (χ4v) is 1.35. The Morgan fingerprint density at radius 2 is 2.18 bits per heavy atom. The van der Waals surface area contributed by atoms with Crippen LogP contribution >= 0.6 is 0 Å². The zero-order valence-electron chi connectivity index (χ0n) is 8.59. The Labute approximate surface area is 95.3 Å². The van der Waals surface area contributed by atoms with E-state index in [1.165, 1.54) is 18.2 Å². The van der Waals surface area contributed by atoms with Gasteiger partial charge in [0.2, 0.25) is 5.82 Å². The van der Waals surface area contributed by atoms with Crippen molar-refractivity contribution in [1.29, 1.82) is 0 Å². The molecule has 88 valence electrons. The van der Waals surface area contributed by atoms with Gasteiger partial charge in [-0.1, -0.05) is 18.2 Å². The predicted molar refractivity (Wildman–Crippen MR) is 55.4 cm³/mol. The second kappa shape index (κ2) is 4.30. The van der Waals surface area contributed by atoms with E-state index in [9.17, 15) is 14.3 Å². The van der Waals surface area contributed by atoms with Crippen molar-refractivity contribution in [3.8, 4) is 0 Å². The zero-order valence-corrected chi connectivity index (χ0v) is 8.59. The van der Waals surface area contributed by atoms with Crippen LogP contribution in [0.25, 0.3) is 0 Å². The molecule has 0 bridgehead atoms. The van der Waals surface area contributed by atoms with Gasteiger partial charge in [0.05, 0.1) is 0 Å². The van der Waals surface area contributed by atoms with Crippen molar-refractivity contribution in [2.24, 2.45) is 5.73 Å². The maximum atomic E-state index is 13.4. The second-order valence-electron chi connectivity index (χ2n) is 3.33. The second-order valence-corrected chi connectivity index (χ2v) is 3.33. The lowest BCUT2D eigenvalue weighted by molar-refractivity contribution is 0.0990. The number of primary amides is 1. The van der Waals surface area contributed by atoms with E-state index in [-0.39, 0.29) is 17.2 Å². The summed E-state index contributed by atoms with van der Waals surface area (Å²) >= 11 is 0. The van der Waals surface area contributed by atoms with E-state index in [1.807, 2.05) is 0 Å². The topological polar surface area (TPSA) is 105 Å². The average Bonchev–Trinajstić information content (AvgIpc) is 2.78. The average molecular weight is 236 g/mol. The molecule has 0 radical (unpaired) electrons. The third-order valence-electron chi connectivity index (χ3n) is 2.18. The number of aromatic nitrogens is 3. The smallest absolute Gasteiger partial charge is 0.288 e. The van der Waals surface area contributed by atoms with Gasteiger partial charge < -0.3 is 10.8 Å². The number of rotatable bonds is 3. The molecule has 2 aromatic rings. The lowest BCUT2D eigenvalue weighted by atomic mass is 10.1. The number of carbonyl (C=O) groups is 1. The summed E-state index contributed by atoms with van der Waals surface area (Å²) in [6, 6.07) is 5.70. The fraction of sp³-hybridized carbons (Fsp3) is 0.100. The molecular formula is C10H9FN4O2. The third-order valence-corrected chi connectivity index (χ3v) is 2.18. The van der Waals surface area contributed by atoms with Crippen LogP contribution in [0, 0.1) is 5.82 Å². The molecule has 0 saturated heterocycles. The monoisotopic (exact) mass is 236 g/mol. The number of aliphatic hydroxyl groups is 1. The van der Waals surface area contributed by atoms with Crippen molar-refractivity contribution in [2.45, 2.75) is 6.10 Å². The van der Waals surface area contributed by atoms with Gasteiger partial charge in [-0.2, -0.15) is 0 Å². The summed E-state index contributed by atoms with van der Waals surface area (Å²) in [5, 5.41) is 15.7. The molecule has 1 atom stereocenters. The van der Waals surface area contributed by atoms with E-state index in [1.54, 1.807) is 6.07 Å². The fourth-order valence-electron chi connectivity index (χ4n) is 1.35. The van der Waals surface area contributed by atoms with E-state index < -0.39 is 17.8 Å². The molecule has 1 unspecified atom stereocenters. The first-order valence-corrected chi connectivity index (χ1v) is 4.74. The molecule has 1 amide bonds. The van der Waals surface area contributed by atoms with Gasteiger partial charge in [0.1, 0.15) is 11.9 Å². The van der Waals surface area contributed by atoms with Crippen molar-refractivity contribution in [2.75, 3.05) is 0 Å². The van der Waals surface area contributed by atoms with Gasteiger partial charge in [0.15, 0.2) is 5.82 Å². The highest BCUT2D eigenvalue weighted by Crippen LogP contribution is 2.21. The van der Waals surface area contributed by atoms with Crippen LogP contribution in [0.1, 0.15) is 28.1 Å². The molecular weight excluding hydrogens is 227 g/mol. The summed E-state index contributed by atoms with van der Waals surface area (Å²) in [6.07, 6.45) is -1.32. The number of nitrogens with zero attached hydrogens (tertiary/aromatic N) is 2. The van der Waals surface area contributed by atoms with Crippen molar-refractivity contribution in [1.82, 2.24) is 15.2 Å². The van der Waals surface area contributed by atoms with Gasteiger partial charge in [0.25, 0.3) is 5.91 Å². The normalized spacial score (nSPS) is 12.4. The van der Waals surface area contributed by atoms with Gasteiger partial charge in [-0.3, -0.25) is 9.89 Å². The van der Waals surface area contributed by atoms with E-state index in [0.29, 0.717) is 0 Å². The number of hydrogen-bond acceptors (Lipinski definition) is 4. The van der Waals surface area contributed by atoms with Crippen molar-refractivity contribution in [3.05, 3.63) is 47.3 Å². The molecule has 0 aliphatic rings. The maximum absolute atomic E-state index is 13.4. The largest absolute Gasteiger partial charge is 0.380 e. The van der Waals surface area contributed by atoms with Crippen LogP contribution in [0.15, 0.2) is 24.3 Å². The lowest BCUT2D eigenvalue weighted by Crippen LogP contribution is -2.13. The maximum Gasteiger partial charge on any atom is 0.288 e. The number of halogens is 1. The first kappa shape index (κ1) is 11.2. The number of hydrogen-bond donors (Lipinski definition) is 3. The molecule has 1 aromatic carbocycles. The molecule has 7 heteroatoms. The Morgan fingerprint density at radius 3 is 2.76 bits per heavy atom. The van der Waals surface area contributed by atoms with Crippen LogP contribution in [-0.4, -0.2) is 26.2 Å². The number of amides is 1. The summed E-state index contributed by atoms with van der Waals surface area (Å²) in [5.41, 5.74) is 5.00. The quantitative estimate of drug-likeness (QED) is 0.704. The van der Waals surface area contributed by atoms with Crippen LogP contribution in [0.4, 0.5) is 4.39 Å². The Kier molecular flexibility index (Phi) is 2.84. The molecule has 6 nitrogen and oxygen atoms in total. The molecule has 4 N–H and O–H groups in total. The number of carbonyl (C=O) groups excluding carboxylic acids is 1. The van der Waals surface area contributed by atoms with E-state index in [4.69, 9.17) is 5.73 Å². The summed E-state index contributed by atoms with van der Waals surface area (Å²) in [7, 11) is 0. The number of H-pyrrole nitrogens is 1. The van der Waals surface area contributed by atoms with Crippen LogP contribution in [-0.2, 0) is 0 Å². The summed E-state index contributed by atoms with van der Waals surface area (Å²) < 4.78 is 13.4. The third kappa shape index (κ3) is 2.13. The van der Waals surface area contributed by atoms with Gasteiger partial charge in [-0.25, -0.2) is 9.37 Å². The van der Waals surface area contributed by atoms with Crippen molar-refractivity contribution in [3.63, 3.8) is 0 Å². The number of aromatic amines is 1. The van der Waals surface area contributed by atoms with Gasteiger partial charge in [0, 0.05) is 5.56 Å². The van der Waals surface area contributed by atoms with E-state index >= 15 is 0 Å². The number of nitrogens with two attached hydrogens (primary N) is 1. The van der Waals surface area contributed by atoms with Crippen LogP contribution in [0.2, 0.25) is 0 Å². The van der Waals surface area contributed by atoms with Gasteiger partial charge in [-0.15, -0.1) is 5.10 Å². The molecule has 0 aliphatic carbocycles. The highest BCUT2D eigenvalue weighted by Gasteiger charge is 2.19. The Bertz CT molecular complexity index is 555. The Hall–Kier alpha value is -2.28. The molecule has 0 saturated carbocycles. The number of aliphatic hydroxyl groups excluding tert-OH is 1.